The number of alkyl halides is 3. The van der Waals surface area contributed by atoms with Crippen LogP contribution in [0.4, 0.5) is 13.2 Å². The van der Waals surface area contributed by atoms with E-state index in [2.05, 4.69) is 4.74 Å². The Balaban J connectivity index is 2.82. The SMILES string of the molecule is CCC(OC(F)(F)C(F)c1ccccc1)C(=O)O. The number of carbonyl (C=O) groups is 1. The van der Waals surface area contributed by atoms with Gasteiger partial charge in [-0.2, -0.15) is 8.78 Å². The van der Waals surface area contributed by atoms with Gasteiger partial charge in [-0.15, -0.1) is 0 Å². The first-order chi connectivity index (χ1) is 8.38. The molecule has 0 aromatic heterocycles. The Bertz CT molecular complexity index is 395. The van der Waals surface area contributed by atoms with Gasteiger partial charge in [-0.05, 0) is 12.0 Å². The van der Waals surface area contributed by atoms with Crippen LogP contribution in [0, 0.1) is 0 Å². The Labute approximate surface area is 102 Å². The lowest BCUT2D eigenvalue weighted by Crippen LogP contribution is -2.36. The average molecular weight is 262 g/mol. The second-order valence-corrected chi connectivity index (χ2v) is 3.69. The van der Waals surface area contributed by atoms with Crippen molar-refractivity contribution in [2.75, 3.05) is 0 Å². The van der Waals surface area contributed by atoms with Crippen LogP contribution in [0.3, 0.4) is 0 Å². The fraction of sp³-hybridized carbons (Fsp3) is 0.417. The molecule has 0 spiro atoms. The Morgan fingerprint density at radius 1 is 1.39 bits per heavy atom. The molecule has 0 fully saturated rings. The molecule has 0 saturated carbocycles. The topological polar surface area (TPSA) is 46.5 Å². The third-order valence-electron chi connectivity index (χ3n) is 2.33. The van der Waals surface area contributed by atoms with E-state index in [0.29, 0.717) is 0 Å². The lowest BCUT2D eigenvalue weighted by atomic mass is 10.1. The molecular formula is C12H13F3O3. The number of halogens is 3. The van der Waals surface area contributed by atoms with Crippen LogP contribution in [-0.2, 0) is 9.53 Å². The molecular weight excluding hydrogens is 249 g/mol. The normalized spacial score (nSPS) is 15.1. The van der Waals surface area contributed by atoms with Crippen LogP contribution in [0.5, 0.6) is 0 Å². The Morgan fingerprint density at radius 2 is 1.94 bits per heavy atom. The van der Waals surface area contributed by atoms with E-state index in [-0.39, 0.29) is 12.0 Å². The minimum atomic E-state index is -4.18. The largest absolute Gasteiger partial charge is 0.479 e. The van der Waals surface area contributed by atoms with Gasteiger partial charge in [-0.3, -0.25) is 0 Å². The molecule has 0 aliphatic rings. The number of aliphatic carboxylic acids is 1. The van der Waals surface area contributed by atoms with Crippen LogP contribution >= 0.6 is 0 Å². The van der Waals surface area contributed by atoms with Crippen molar-refractivity contribution in [1.82, 2.24) is 0 Å². The summed E-state index contributed by atoms with van der Waals surface area (Å²) in [7, 11) is 0. The summed E-state index contributed by atoms with van der Waals surface area (Å²) in [4.78, 5) is 10.6. The number of carboxylic acid groups (broad SMARTS) is 1. The molecule has 2 atom stereocenters. The van der Waals surface area contributed by atoms with Crippen molar-refractivity contribution in [1.29, 1.82) is 0 Å². The van der Waals surface area contributed by atoms with Gasteiger partial charge in [0.15, 0.2) is 6.10 Å². The predicted molar refractivity (Wildman–Crippen MR) is 58.0 cm³/mol. The summed E-state index contributed by atoms with van der Waals surface area (Å²) >= 11 is 0. The van der Waals surface area contributed by atoms with Gasteiger partial charge in [-0.1, -0.05) is 37.3 Å². The molecule has 0 saturated heterocycles. The molecule has 6 heteroatoms. The highest BCUT2D eigenvalue weighted by Gasteiger charge is 2.45. The maximum absolute atomic E-state index is 13.6. The van der Waals surface area contributed by atoms with Gasteiger partial charge in [0.05, 0.1) is 0 Å². The highest BCUT2D eigenvalue weighted by Crippen LogP contribution is 2.36. The summed E-state index contributed by atoms with van der Waals surface area (Å²) < 4.78 is 44.5. The maximum atomic E-state index is 13.6. The minimum Gasteiger partial charge on any atom is -0.479 e. The molecule has 0 radical (unpaired) electrons. The monoisotopic (exact) mass is 262 g/mol. The van der Waals surface area contributed by atoms with Gasteiger partial charge in [0.1, 0.15) is 0 Å². The molecule has 2 unspecified atom stereocenters. The first kappa shape index (κ1) is 14.5. The van der Waals surface area contributed by atoms with Gasteiger partial charge in [0.2, 0.25) is 6.17 Å². The van der Waals surface area contributed by atoms with Crippen LogP contribution in [0.25, 0.3) is 0 Å². The van der Waals surface area contributed by atoms with Crippen LogP contribution in [0.2, 0.25) is 0 Å². The highest BCUT2D eigenvalue weighted by atomic mass is 19.3. The van der Waals surface area contributed by atoms with Crippen molar-refractivity contribution in [3.63, 3.8) is 0 Å². The first-order valence-electron chi connectivity index (χ1n) is 5.36. The van der Waals surface area contributed by atoms with Gasteiger partial charge < -0.3 is 9.84 Å². The molecule has 18 heavy (non-hydrogen) atoms. The van der Waals surface area contributed by atoms with Crippen LogP contribution in [0.15, 0.2) is 30.3 Å². The lowest BCUT2D eigenvalue weighted by Gasteiger charge is -2.24. The molecule has 0 amide bonds. The molecule has 1 aromatic carbocycles. The van der Waals surface area contributed by atoms with Crippen molar-refractivity contribution < 1.29 is 27.8 Å². The summed E-state index contributed by atoms with van der Waals surface area (Å²) in [5.74, 6) is -1.54. The van der Waals surface area contributed by atoms with E-state index >= 15 is 0 Å². The molecule has 1 aromatic rings. The summed E-state index contributed by atoms with van der Waals surface area (Å²) in [6.07, 6.45) is -8.79. The Kier molecular flexibility index (Phi) is 4.72. The van der Waals surface area contributed by atoms with E-state index in [1.807, 2.05) is 0 Å². The fourth-order valence-electron chi connectivity index (χ4n) is 1.37. The molecule has 1 N–H and O–H groups in total. The third kappa shape index (κ3) is 3.46. The minimum absolute atomic E-state index is 0.174. The van der Waals surface area contributed by atoms with Crippen molar-refractivity contribution in [2.24, 2.45) is 0 Å². The Morgan fingerprint density at radius 3 is 2.39 bits per heavy atom. The quantitative estimate of drug-likeness (QED) is 0.856. The summed E-state index contributed by atoms with van der Waals surface area (Å²) in [5.41, 5.74) is -0.261. The van der Waals surface area contributed by atoms with Crippen molar-refractivity contribution in [2.45, 2.75) is 31.7 Å². The zero-order valence-corrected chi connectivity index (χ0v) is 9.65. The molecule has 0 aliphatic carbocycles. The second-order valence-electron chi connectivity index (χ2n) is 3.69. The number of benzene rings is 1. The molecule has 100 valence electrons. The number of carboxylic acids is 1. The van der Waals surface area contributed by atoms with Gasteiger partial charge in [-0.25, -0.2) is 9.18 Å². The van der Waals surface area contributed by atoms with E-state index in [1.54, 1.807) is 6.07 Å². The molecule has 3 nitrogen and oxygen atoms in total. The van der Waals surface area contributed by atoms with Crippen LogP contribution in [-0.4, -0.2) is 23.3 Å². The number of ether oxygens (including phenoxy) is 1. The van der Waals surface area contributed by atoms with Gasteiger partial charge in [0.25, 0.3) is 0 Å². The molecule has 1 rings (SSSR count). The average Bonchev–Trinajstić information content (AvgIpc) is 2.35. The number of rotatable bonds is 6. The van der Waals surface area contributed by atoms with E-state index in [9.17, 15) is 18.0 Å². The van der Waals surface area contributed by atoms with Gasteiger partial charge in [0, 0.05) is 0 Å². The number of hydrogen-bond donors (Lipinski definition) is 1. The first-order valence-corrected chi connectivity index (χ1v) is 5.36. The van der Waals surface area contributed by atoms with E-state index < -0.39 is 24.4 Å². The molecule has 0 heterocycles. The zero-order chi connectivity index (χ0) is 13.8. The lowest BCUT2D eigenvalue weighted by molar-refractivity contribution is -0.295. The van der Waals surface area contributed by atoms with Crippen LogP contribution in [0.1, 0.15) is 25.1 Å². The highest BCUT2D eigenvalue weighted by molar-refractivity contribution is 5.72. The van der Waals surface area contributed by atoms with Crippen molar-refractivity contribution in [3.05, 3.63) is 35.9 Å². The summed E-state index contributed by atoms with van der Waals surface area (Å²) in [5, 5.41) is 8.61. The number of hydrogen-bond acceptors (Lipinski definition) is 2. The van der Waals surface area contributed by atoms with Crippen molar-refractivity contribution >= 4 is 5.97 Å². The summed E-state index contributed by atoms with van der Waals surface area (Å²) in [6.45, 7) is 1.37. The van der Waals surface area contributed by atoms with E-state index in [4.69, 9.17) is 5.11 Å². The molecule has 0 bridgehead atoms. The van der Waals surface area contributed by atoms with E-state index in [0.717, 1.165) is 0 Å². The predicted octanol–water partition coefficient (Wildman–Crippen LogP) is 3.17. The molecule has 0 aliphatic heterocycles. The summed E-state index contributed by atoms with van der Waals surface area (Å²) in [6, 6.07) is 6.74. The Hall–Kier alpha value is -1.56. The third-order valence-corrected chi connectivity index (χ3v) is 2.33. The second kappa shape index (κ2) is 5.86. The smallest absolute Gasteiger partial charge is 0.391 e. The zero-order valence-electron chi connectivity index (χ0n) is 9.65. The van der Waals surface area contributed by atoms with Crippen LogP contribution < -0.4 is 0 Å². The van der Waals surface area contributed by atoms with E-state index in [1.165, 1.54) is 31.2 Å². The standard InChI is InChI=1S/C12H13F3O3/c1-2-9(11(16)17)18-12(14,15)10(13)8-6-4-3-5-7-8/h3-7,9-10H,2H2,1H3,(H,16,17). The van der Waals surface area contributed by atoms with Crippen molar-refractivity contribution in [3.8, 4) is 0 Å². The maximum Gasteiger partial charge on any atom is 0.391 e. The fourth-order valence-corrected chi connectivity index (χ4v) is 1.37. The van der Waals surface area contributed by atoms with Gasteiger partial charge >= 0.3 is 12.1 Å².